The maximum absolute atomic E-state index is 12.0. The monoisotopic (exact) mass is 294 g/mol. The molecule has 2 N–H and O–H groups in total. The van der Waals surface area contributed by atoms with Gasteiger partial charge in [-0.25, -0.2) is 0 Å². The number of nitrogens with zero attached hydrogens (tertiary/aromatic N) is 1. The van der Waals surface area contributed by atoms with E-state index in [1.807, 2.05) is 24.3 Å². The van der Waals surface area contributed by atoms with Crippen molar-refractivity contribution in [1.29, 1.82) is 0 Å². The maximum Gasteiger partial charge on any atom is 0.279 e. The lowest BCUT2D eigenvalue weighted by Crippen LogP contribution is -2.38. The minimum absolute atomic E-state index is 0.110. The van der Waals surface area contributed by atoms with Crippen LogP contribution in [0.3, 0.4) is 0 Å². The first-order valence-corrected chi connectivity index (χ1v) is 7.87. The van der Waals surface area contributed by atoms with Crippen molar-refractivity contribution < 1.29 is 13.5 Å². The molecule has 1 saturated carbocycles. The summed E-state index contributed by atoms with van der Waals surface area (Å²) in [7, 11) is -1.84. The Balaban J connectivity index is 1.98. The SMILES string of the molecule is CN(Cc1ccc(C#CCO)cc1)S(=O)(=O)NC1CC1. The van der Waals surface area contributed by atoms with Crippen molar-refractivity contribution in [2.24, 2.45) is 0 Å². The molecule has 0 aromatic heterocycles. The van der Waals surface area contributed by atoms with Gasteiger partial charge in [-0.2, -0.15) is 17.4 Å². The zero-order valence-electron chi connectivity index (χ0n) is 11.3. The normalized spacial score (nSPS) is 14.9. The van der Waals surface area contributed by atoms with Crippen molar-refractivity contribution in [2.45, 2.75) is 25.4 Å². The Bertz CT molecular complexity index is 610. The average Bonchev–Trinajstić information content (AvgIpc) is 3.21. The highest BCUT2D eigenvalue weighted by molar-refractivity contribution is 7.87. The summed E-state index contributed by atoms with van der Waals surface area (Å²) in [6.07, 6.45) is 1.84. The molecule has 0 unspecified atom stereocenters. The van der Waals surface area contributed by atoms with Crippen LogP contribution in [0, 0.1) is 11.8 Å². The van der Waals surface area contributed by atoms with E-state index < -0.39 is 10.2 Å². The Hall–Kier alpha value is -1.39. The lowest BCUT2D eigenvalue weighted by Gasteiger charge is -2.17. The molecular formula is C14H18N2O3S. The Morgan fingerprint density at radius 2 is 2.00 bits per heavy atom. The van der Waals surface area contributed by atoms with Crippen LogP contribution in [0.25, 0.3) is 0 Å². The van der Waals surface area contributed by atoms with Crippen molar-refractivity contribution >= 4 is 10.2 Å². The van der Waals surface area contributed by atoms with Gasteiger partial charge in [0.2, 0.25) is 0 Å². The number of hydrogen-bond donors (Lipinski definition) is 2. The van der Waals surface area contributed by atoms with Gasteiger partial charge in [-0.15, -0.1) is 0 Å². The van der Waals surface area contributed by atoms with Crippen LogP contribution in [0.1, 0.15) is 24.0 Å². The molecule has 0 amide bonds. The van der Waals surface area contributed by atoms with Gasteiger partial charge in [-0.05, 0) is 30.5 Å². The second-order valence-electron chi connectivity index (χ2n) is 4.81. The topological polar surface area (TPSA) is 69.6 Å². The highest BCUT2D eigenvalue weighted by atomic mass is 32.2. The third kappa shape index (κ3) is 4.32. The minimum Gasteiger partial charge on any atom is -0.384 e. The van der Waals surface area contributed by atoms with Gasteiger partial charge in [0.05, 0.1) is 0 Å². The van der Waals surface area contributed by atoms with Gasteiger partial charge >= 0.3 is 0 Å². The first-order chi connectivity index (χ1) is 9.51. The van der Waals surface area contributed by atoms with Crippen LogP contribution in [-0.4, -0.2) is 37.5 Å². The van der Waals surface area contributed by atoms with Gasteiger partial charge in [-0.1, -0.05) is 24.0 Å². The summed E-state index contributed by atoms with van der Waals surface area (Å²) in [5.74, 6) is 5.36. The number of nitrogens with one attached hydrogen (secondary N) is 1. The summed E-state index contributed by atoms with van der Waals surface area (Å²) >= 11 is 0. The molecule has 0 atom stereocenters. The van der Waals surface area contributed by atoms with Crippen molar-refractivity contribution in [1.82, 2.24) is 9.03 Å². The summed E-state index contributed by atoms with van der Waals surface area (Å²) in [6.45, 7) is 0.144. The predicted octanol–water partition coefficient (Wildman–Crippen LogP) is 0.459. The van der Waals surface area contributed by atoms with Gasteiger partial charge < -0.3 is 5.11 Å². The highest BCUT2D eigenvalue weighted by Gasteiger charge is 2.29. The lowest BCUT2D eigenvalue weighted by atomic mass is 10.1. The fourth-order valence-electron chi connectivity index (χ4n) is 1.68. The summed E-state index contributed by atoms with van der Waals surface area (Å²) in [4.78, 5) is 0. The van der Waals surface area contributed by atoms with Crippen LogP contribution in [0.5, 0.6) is 0 Å². The molecule has 0 heterocycles. The van der Waals surface area contributed by atoms with Gasteiger partial charge in [-0.3, -0.25) is 0 Å². The molecule has 2 rings (SSSR count). The summed E-state index contributed by atoms with van der Waals surface area (Å²) in [5, 5.41) is 8.61. The zero-order valence-corrected chi connectivity index (χ0v) is 12.2. The molecule has 0 radical (unpaired) electrons. The van der Waals surface area contributed by atoms with Crippen molar-refractivity contribution in [2.75, 3.05) is 13.7 Å². The molecule has 0 aliphatic heterocycles. The fourth-order valence-corrected chi connectivity index (χ4v) is 2.83. The highest BCUT2D eigenvalue weighted by Crippen LogP contribution is 2.20. The molecule has 1 aromatic carbocycles. The summed E-state index contributed by atoms with van der Waals surface area (Å²) < 4.78 is 27.9. The summed E-state index contributed by atoms with van der Waals surface area (Å²) in [5.41, 5.74) is 1.69. The van der Waals surface area contributed by atoms with E-state index in [0.717, 1.165) is 24.0 Å². The Morgan fingerprint density at radius 1 is 1.35 bits per heavy atom. The average molecular weight is 294 g/mol. The fraction of sp³-hybridized carbons (Fsp3) is 0.429. The molecule has 1 aliphatic carbocycles. The molecule has 20 heavy (non-hydrogen) atoms. The van der Waals surface area contributed by atoms with Gasteiger partial charge in [0.25, 0.3) is 10.2 Å². The van der Waals surface area contributed by atoms with Crippen LogP contribution in [0.15, 0.2) is 24.3 Å². The van der Waals surface area contributed by atoms with Crippen molar-refractivity contribution in [3.05, 3.63) is 35.4 Å². The first kappa shape index (κ1) is 15.0. The Labute approximate surface area is 119 Å². The van der Waals surface area contributed by atoms with Crippen LogP contribution >= 0.6 is 0 Å². The largest absolute Gasteiger partial charge is 0.384 e. The number of aliphatic hydroxyl groups is 1. The minimum atomic E-state index is -3.40. The zero-order chi connectivity index (χ0) is 14.6. The molecular weight excluding hydrogens is 276 g/mol. The van der Waals surface area contributed by atoms with Crippen LogP contribution < -0.4 is 4.72 Å². The van der Waals surface area contributed by atoms with Gasteiger partial charge in [0.1, 0.15) is 6.61 Å². The quantitative estimate of drug-likeness (QED) is 0.775. The summed E-state index contributed by atoms with van der Waals surface area (Å²) in [6, 6.07) is 7.41. The number of benzene rings is 1. The van der Waals surface area contributed by atoms with Crippen molar-refractivity contribution in [3.63, 3.8) is 0 Å². The molecule has 5 nitrogen and oxygen atoms in total. The van der Waals surface area contributed by atoms with E-state index in [2.05, 4.69) is 16.6 Å². The molecule has 1 fully saturated rings. The lowest BCUT2D eigenvalue weighted by molar-refractivity contribution is 0.350. The second-order valence-corrected chi connectivity index (χ2v) is 6.62. The van der Waals surface area contributed by atoms with E-state index >= 15 is 0 Å². The number of aliphatic hydroxyl groups excluding tert-OH is 1. The Morgan fingerprint density at radius 3 is 2.55 bits per heavy atom. The van der Waals surface area contributed by atoms with Crippen LogP contribution in [0.2, 0.25) is 0 Å². The van der Waals surface area contributed by atoms with Crippen molar-refractivity contribution in [3.8, 4) is 11.8 Å². The smallest absolute Gasteiger partial charge is 0.279 e. The third-order valence-electron chi connectivity index (χ3n) is 2.97. The second kappa shape index (κ2) is 6.37. The number of rotatable bonds is 5. The molecule has 0 saturated heterocycles. The predicted molar refractivity (Wildman–Crippen MR) is 77.0 cm³/mol. The molecule has 0 spiro atoms. The van der Waals surface area contributed by atoms with E-state index in [1.165, 1.54) is 4.31 Å². The van der Waals surface area contributed by atoms with Gasteiger partial charge in [0, 0.05) is 25.2 Å². The molecule has 0 bridgehead atoms. The molecule has 108 valence electrons. The van der Waals surface area contributed by atoms with Crippen LogP contribution in [-0.2, 0) is 16.8 Å². The van der Waals surface area contributed by atoms with E-state index in [1.54, 1.807) is 7.05 Å². The number of hydrogen-bond acceptors (Lipinski definition) is 3. The Kier molecular flexibility index (Phi) is 4.78. The maximum atomic E-state index is 12.0. The third-order valence-corrected chi connectivity index (χ3v) is 4.56. The first-order valence-electron chi connectivity index (χ1n) is 6.43. The van der Waals surface area contributed by atoms with E-state index in [0.29, 0.717) is 6.54 Å². The molecule has 6 heteroatoms. The van der Waals surface area contributed by atoms with E-state index in [4.69, 9.17) is 5.11 Å². The van der Waals surface area contributed by atoms with Gasteiger partial charge in [0.15, 0.2) is 0 Å². The molecule has 1 aromatic rings. The standard InChI is InChI=1S/C14H18N2O3S/c1-16(20(18,19)15-14-8-9-14)11-13-6-4-12(5-7-13)3-2-10-17/h4-7,14-15,17H,8-11H2,1H3. The van der Waals surface area contributed by atoms with Crippen LogP contribution in [0.4, 0.5) is 0 Å². The molecule has 1 aliphatic rings. The van der Waals surface area contributed by atoms with E-state index in [9.17, 15) is 8.42 Å². The van der Waals surface area contributed by atoms with E-state index in [-0.39, 0.29) is 12.6 Å².